The molecule has 0 N–H and O–H groups in total. The highest BCUT2D eigenvalue weighted by atomic mass is 28.4. The van der Waals surface area contributed by atoms with E-state index in [1.165, 1.54) is 0 Å². The van der Waals surface area contributed by atoms with Gasteiger partial charge in [-0.2, -0.15) is 0 Å². The minimum atomic E-state index is -1.76. The topological polar surface area (TPSA) is 27.7 Å². The van der Waals surface area contributed by atoms with Crippen LogP contribution in [0, 0.1) is 6.92 Å². The highest BCUT2D eigenvalue weighted by Gasteiger charge is 2.48. The summed E-state index contributed by atoms with van der Waals surface area (Å²) in [6.45, 7) is 17.7. The number of rotatable bonds is 3. The molecule has 2 fully saturated rings. The van der Waals surface area contributed by atoms with E-state index in [1.54, 1.807) is 0 Å². The quantitative estimate of drug-likeness (QED) is 0.583. The Balaban J connectivity index is 1.94. The highest BCUT2D eigenvalue weighted by Crippen LogP contribution is 2.40. The van der Waals surface area contributed by atoms with E-state index >= 15 is 0 Å². The Bertz CT molecular complexity index is 337. The smallest absolute Gasteiger partial charge is 0.220 e. The minimum absolute atomic E-state index is 0.0615. The molecule has 0 aromatic rings. The van der Waals surface area contributed by atoms with Crippen molar-refractivity contribution in [1.29, 1.82) is 0 Å². The van der Waals surface area contributed by atoms with Gasteiger partial charge in [0.1, 0.15) is 6.10 Å². The molecule has 0 aliphatic carbocycles. The van der Waals surface area contributed by atoms with Crippen LogP contribution in [0.25, 0.3) is 0 Å². The van der Waals surface area contributed by atoms with Gasteiger partial charge in [0, 0.05) is 6.42 Å². The largest absolute Gasteiger partial charge is 0.407 e. The predicted molar refractivity (Wildman–Crippen MR) is 84.3 cm³/mol. The fourth-order valence-corrected chi connectivity index (χ4v) is 4.13. The molecule has 2 aliphatic heterocycles. The Morgan fingerprint density at radius 1 is 1.10 bits per heavy atom. The van der Waals surface area contributed by atoms with Crippen LogP contribution in [0.3, 0.4) is 0 Å². The van der Waals surface area contributed by atoms with Crippen molar-refractivity contribution in [3.8, 4) is 0 Å². The van der Waals surface area contributed by atoms with Crippen LogP contribution >= 0.6 is 0 Å². The third-order valence-corrected chi connectivity index (χ3v) is 9.66. The van der Waals surface area contributed by atoms with Crippen molar-refractivity contribution in [3.63, 3.8) is 0 Å². The molecular weight excluding hydrogens is 268 g/mol. The maximum atomic E-state index is 6.49. The molecule has 2 saturated heterocycles. The summed E-state index contributed by atoms with van der Waals surface area (Å²) >= 11 is 0. The molecule has 0 saturated carbocycles. The molecule has 2 heterocycles. The van der Waals surface area contributed by atoms with Crippen molar-refractivity contribution < 1.29 is 13.9 Å². The molecule has 4 heteroatoms. The van der Waals surface area contributed by atoms with E-state index in [2.05, 4.69) is 47.7 Å². The van der Waals surface area contributed by atoms with E-state index < -0.39 is 8.32 Å². The molecule has 0 aromatic carbocycles. The molecule has 0 aromatic heterocycles. The lowest BCUT2D eigenvalue weighted by Gasteiger charge is -2.38. The Hall–Kier alpha value is -0.0331. The summed E-state index contributed by atoms with van der Waals surface area (Å²) in [5.74, 6) is 0. The van der Waals surface area contributed by atoms with Gasteiger partial charge in [0.2, 0.25) is 6.10 Å². The first-order valence-electron chi connectivity index (χ1n) is 7.92. The highest BCUT2D eigenvalue weighted by molar-refractivity contribution is 6.74. The Morgan fingerprint density at radius 2 is 1.75 bits per heavy atom. The fourth-order valence-electron chi connectivity index (χ4n) is 2.77. The first kappa shape index (κ1) is 16.3. The van der Waals surface area contributed by atoms with Crippen LogP contribution in [-0.4, -0.2) is 38.8 Å². The van der Waals surface area contributed by atoms with Gasteiger partial charge in [0.15, 0.2) is 8.32 Å². The van der Waals surface area contributed by atoms with Crippen LogP contribution in [0.2, 0.25) is 18.1 Å². The number of ether oxygens (including phenoxy) is 2. The Kier molecular flexibility index (Phi) is 4.60. The van der Waals surface area contributed by atoms with Crippen molar-refractivity contribution in [2.45, 2.75) is 95.6 Å². The zero-order valence-corrected chi connectivity index (χ0v) is 14.9. The predicted octanol–water partition coefficient (Wildman–Crippen LogP) is 3.94. The van der Waals surface area contributed by atoms with Gasteiger partial charge < -0.3 is 13.9 Å². The minimum Gasteiger partial charge on any atom is -0.407 e. The summed E-state index contributed by atoms with van der Waals surface area (Å²) in [5, 5.41) is 0.225. The average molecular weight is 300 g/mol. The second-order valence-electron chi connectivity index (χ2n) is 7.93. The second kappa shape index (κ2) is 5.63. The summed E-state index contributed by atoms with van der Waals surface area (Å²) in [4.78, 5) is 0. The normalized spacial score (nSPS) is 39.4. The zero-order chi connectivity index (χ0) is 15.1. The molecule has 5 atom stereocenters. The van der Waals surface area contributed by atoms with Gasteiger partial charge in [-0.15, -0.1) is 0 Å². The molecule has 2 aliphatic rings. The molecule has 3 nitrogen and oxygen atoms in total. The first-order chi connectivity index (χ1) is 9.10. The van der Waals surface area contributed by atoms with Gasteiger partial charge in [0.25, 0.3) is 0 Å². The van der Waals surface area contributed by atoms with Crippen molar-refractivity contribution in [2.24, 2.45) is 0 Å². The van der Waals surface area contributed by atoms with E-state index in [1.807, 2.05) is 0 Å². The van der Waals surface area contributed by atoms with Gasteiger partial charge in [0.05, 0.1) is 25.2 Å². The summed E-state index contributed by atoms with van der Waals surface area (Å²) in [6.07, 6.45) is 4.00. The van der Waals surface area contributed by atoms with Crippen LogP contribution in [0.5, 0.6) is 0 Å². The molecule has 116 valence electrons. The van der Waals surface area contributed by atoms with Crippen LogP contribution < -0.4 is 0 Å². The monoisotopic (exact) mass is 299 g/mol. The average Bonchev–Trinajstić information content (AvgIpc) is 2.84. The summed E-state index contributed by atoms with van der Waals surface area (Å²) < 4.78 is 18.5. The van der Waals surface area contributed by atoms with Gasteiger partial charge in [-0.05, 0) is 37.9 Å². The maximum Gasteiger partial charge on any atom is 0.220 e. The lowest BCUT2D eigenvalue weighted by atomic mass is 10.1. The van der Waals surface area contributed by atoms with E-state index in [9.17, 15) is 0 Å². The molecule has 0 unspecified atom stereocenters. The van der Waals surface area contributed by atoms with Crippen LogP contribution in [-0.2, 0) is 13.9 Å². The summed E-state index contributed by atoms with van der Waals surface area (Å²) in [7, 11) is -1.76. The Morgan fingerprint density at radius 3 is 2.25 bits per heavy atom. The van der Waals surface area contributed by atoms with E-state index in [4.69, 9.17) is 13.9 Å². The number of hydrogen-bond acceptors (Lipinski definition) is 3. The van der Waals surface area contributed by atoms with Crippen molar-refractivity contribution >= 4 is 8.32 Å². The molecule has 0 radical (unpaired) electrons. The molecule has 2 rings (SSSR count). The van der Waals surface area contributed by atoms with Crippen molar-refractivity contribution in [1.82, 2.24) is 0 Å². The van der Waals surface area contributed by atoms with Gasteiger partial charge in [-0.3, -0.25) is 0 Å². The lowest BCUT2D eigenvalue weighted by molar-refractivity contribution is -0.0554. The molecular formula is C16H31O3Si+. The van der Waals surface area contributed by atoms with Gasteiger partial charge >= 0.3 is 0 Å². The standard InChI is InChI=1S/C16H31O3Si/c1-11-8-9-13(17-11)15-10-14(12(2)18-15)19-20(6,7)16(3,4)5/h11-15H,2,8-10H2,1,3-7H3/q+1/t11-,12-,13-,14+,15+/m0/s1. The first-order valence-corrected chi connectivity index (χ1v) is 10.8. The fraction of sp³-hybridized carbons (Fsp3) is 0.938. The van der Waals surface area contributed by atoms with Gasteiger partial charge in [-0.25, -0.2) is 0 Å². The third kappa shape index (κ3) is 3.41. The van der Waals surface area contributed by atoms with Crippen LogP contribution in [0.4, 0.5) is 0 Å². The van der Waals surface area contributed by atoms with E-state index in [-0.39, 0.29) is 29.5 Å². The third-order valence-electron chi connectivity index (χ3n) is 5.16. The number of hydrogen-bond donors (Lipinski definition) is 0. The van der Waals surface area contributed by atoms with Crippen LogP contribution in [0.1, 0.15) is 47.0 Å². The maximum absolute atomic E-state index is 6.49. The van der Waals surface area contributed by atoms with Crippen LogP contribution in [0.15, 0.2) is 0 Å². The zero-order valence-electron chi connectivity index (χ0n) is 13.9. The lowest BCUT2D eigenvalue weighted by Crippen LogP contribution is -2.45. The molecule has 20 heavy (non-hydrogen) atoms. The summed E-state index contributed by atoms with van der Waals surface area (Å²) in [5.41, 5.74) is 0. The van der Waals surface area contributed by atoms with E-state index in [0.29, 0.717) is 6.10 Å². The van der Waals surface area contributed by atoms with Crippen molar-refractivity contribution in [3.05, 3.63) is 6.92 Å². The van der Waals surface area contributed by atoms with Crippen molar-refractivity contribution in [2.75, 3.05) is 0 Å². The van der Waals surface area contributed by atoms with E-state index in [0.717, 1.165) is 19.3 Å². The SMILES string of the molecule is [CH2+][C@@H]1O[C@@H]([C@@H]2CC[C@H](C)O2)C[C@H]1O[Si](C)(C)C(C)(C)C. The Labute approximate surface area is 125 Å². The summed E-state index contributed by atoms with van der Waals surface area (Å²) in [6, 6.07) is 0. The molecule has 0 amide bonds. The second-order valence-corrected chi connectivity index (χ2v) is 12.7. The van der Waals surface area contributed by atoms with Gasteiger partial charge in [-0.1, -0.05) is 20.8 Å². The molecule has 0 bridgehead atoms. The molecule has 0 spiro atoms.